The zero-order valence-corrected chi connectivity index (χ0v) is 17.9. The van der Waals surface area contributed by atoms with Crippen LogP contribution in [-0.2, 0) is 27.7 Å². The van der Waals surface area contributed by atoms with Gasteiger partial charge in [-0.05, 0) is 54.9 Å². The molecule has 3 N–H and O–H groups in total. The molecule has 3 amide bonds. The van der Waals surface area contributed by atoms with E-state index >= 15 is 0 Å². The number of aryl methyl sites for hydroxylation is 2. The van der Waals surface area contributed by atoms with Gasteiger partial charge in [-0.15, -0.1) is 0 Å². The van der Waals surface area contributed by atoms with E-state index in [4.69, 9.17) is 5.73 Å². The van der Waals surface area contributed by atoms with E-state index in [0.29, 0.717) is 11.3 Å². The maximum atomic E-state index is 13.0. The Balaban J connectivity index is 1.66. The molecular formula is C20H30N4O4S. The van der Waals surface area contributed by atoms with Crippen LogP contribution < -0.4 is 11.1 Å². The number of urea groups is 1. The van der Waals surface area contributed by atoms with Crippen molar-refractivity contribution in [3.63, 3.8) is 0 Å². The summed E-state index contributed by atoms with van der Waals surface area (Å²) in [5, 5.41) is 2.52. The van der Waals surface area contributed by atoms with Gasteiger partial charge in [-0.2, -0.15) is 4.31 Å². The van der Waals surface area contributed by atoms with Gasteiger partial charge in [0.05, 0.1) is 4.90 Å². The summed E-state index contributed by atoms with van der Waals surface area (Å²) >= 11 is 0. The number of piperazine rings is 1. The highest BCUT2D eigenvalue weighted by molar-refractivity contribution is 7.89. The number of nitrogens with two attached hydrogens (primary N) is 1. The molecule has 0 radical (unpaired) electrons. The zero-order chi connectivity index (χ0) is 21.2. The number of carbonyl (C=O) groups excluding carboxylic acids is 2. The summed E-state index contributed by atoms with van der Waals surface area (Å²) in [6.45, 7) is 4.97. The predicted octanol–water partition coefficient (Wildman–Crippen LogP) is 1.09. The molecule has 0 bridgehead atoms. The van der Waals surface area contributed by atoms with Crippen molar-refractivity contribution in [3.05, 3.63) is 29.3 Å². The molecule has 1 aliphatic carbocycles. The third-order valence-corrected chi connectivity index (χ3v) is 7.47. The molecule has 29 heavy (non-hydrogen) atoms. The molecule has 160 valence electrons. The fourth-order valence-electron chi connectivity index (χ4n) is 4.09. The topological polar surface area (TPSA) is 113 Å². The average Bonchev–Trinajstić information content (AvgIpc) is 3.14. The summed E-state index contributed by atoms with van der Waals surface area (Å²) in [5.41, 5.74) is 7.56. The molecule has 0 spiro atoms. The first-order valence-electron chi connectivity index (χ1n) is 10.1. The van der Waals surface area contributed by atoms with E-state index < -0.39 is 22.1 Å². The summed E-state index contributed by atoms with van der Waals surface area (Å²) in [5.74, 6) is -0.00986. The summed E-state index contributed by atoms with van der Waals surface area (Å²) in [4.78, 5) is 26.0. The number of amides is 3. The Morgan fingerprint density at radius 3 is 2.38 bits per heavy atom. The number of carbonyl (C=O) groups is 2. The Morgan fingerprint density at radius 2 is 1.76 bits per heavy atom. The molecule has 0 aromatic heterocycles. The van der Waals surface area contributed by atoms with Gasteiger partial charge < -0.3 is 16.0 Å². The van der Waals surface area contributed by atoms with Gasteiger partial charge in [-0.1, -0.05) is 19.9 Å². The number of fused-ring (bicyclic) bond motifs is 1. The van der Waals surface area contributed by atoms with Crippen molar-refractivity contribution in [1.29, 1.82) is 0 Å². The molecule has 8 nitrogen and oxygen atoms in total. The first kappa shape index (κ1) is 21.6. The van der Waals surface area contributed by atoms with Crippen LogP contribution in [0.5, 0.6) is 0 Å². The molecule has 1 heterocycles. The molecule has 1 atom stereocenters. The Hall–Kier alpha value is -2.13. The van der Waals surface area contributed by atoms with Crippen LogP contribution in [0.25, 0.3) is 0 Å². The van der Waals surface area contributed by atoms with Gasteiger partial charge in [-0.3, -0.25) is 4.79 Å². The van der Waals surface area contributed by atoms with E-state index in [-0.39, 0.29) is 38.0 Å². The Kier molecular flexibility index (Phi) is 6.48. The second kappa shape index (κ2) is 8.71. The Labute approximate surface area is 172 Å². The number of hydrogen-bond acceptors (Lipinski definition) is 4. The lowest BCUT2D eigenvalue weighted by molar-refractivity contribution is -0.134. The van der Waals surface area contributed by atoms with Crippen LogP contribution in [-0.4, -0.2) is 61.8 Å². The molecule has 2 aliphatic rings. The maximum Gasteiger partial charge on any atom is 0.312 e. The van der Waals surface area contributed by atoms with Crippen molar-refractivity contribution in [2.75, 3.05) is 26.2 Å². The van der Waals surface area contributed by atoms with Gasteiger partial charge in [0.1, 0.15) is 6.04 Å². The van der Waals surface area contributed by atoms with Gasteiger partial charge in [0.15, 0.2) is 0 Å². The maximum absolute atomic E-state index is 13.0. The van der Waals surface area contributed by atoms with Crippen LogP contribution >= 0.6 is 0 Å². The zero-order valence-electron chi connectivity index (χ0n) is 17.1. The number of nitrogens with zero attached hydrogens (tertiary/aromatic N) is 2. The van der Waals surface area contributed by atoms with E-state index in [1.54, 1.807) is 17.0 Å². The Bertz CT molecular complexity index is 876. The van der Waals surface area contributed by atoms with E-state index in [2.05, 4.69) is 5.32 Å². The molecule has 1 saturated heterocycles. The minimum atomic E-state index is -3.59. The molecule has 1 fully saturated rings. The van der Waals surface area contributed by atoms with Crippen LogP contribution in [0.3, 0.4) is 0 Å². The van der Waals surface area contributed by atoms with Crippen molar-refractivity contribution in [2.24, 2.45) is 11.7 Å². The lowest BCUT2D eigenvalue weighted by Gasteiger charge is -2.36. The molecule has 1 aliphatic heterocycles. The third-order valence-electron chi connectivity index (χ3n) is 5.58. The standard InChI is InChI=1S/C20H30N4O4S/c1-14(2)12-18(22-20(21)26)19(25)23-8-10-24(11-9-23)29(27,28)17-7-6-15-4-3-5-16(15)13-17/h6-7,13-14,18H,3-5,8-12H2,1-2H3,(H3,21,22,26). The second-order valence-electron chi connectivity index (χ2n) is 8.20. The van der Waals surface area contributed by atoms with Gasteiger partial charge in [0.25, 0.3) is 0 Å². The summed E-state index contributed by atoms with van der Waals surface area (Å²) in [7, 11) is -3.59. The minimum absolute atomic E-state index is 0.206. The SMILES string of the molecule is CC(C)CC(NC(N)=O)C(=O)N1CCN(S(=O)(=O)c2ccc3c(c2)CCC3)CC1. The summed E-state index contributed by atoms with van der Waals surface area (Å²) in [6.07, 6.45) is 3.48. The third kappa shape index (κ3) is 4.90. The van der Waals surface area contributed by atoms with Crippen LogP contribution in [0.15, 0.2) is 23.1 Å². The van der Waals surface area contributed by atoms with Gasteiger partial charge in [0, 0.05) is 26.2 Å². The highest BCUT2D eigenvalue weighted by Crippen LogP contribution is 2.26. The molecule has 9 heteroatoms. The number of sulfonamides is 1. The lowest BCUT2D eigenvalue weighted by Crippen LogP contribution is -2.56. The fourth-order valence-corrected chi connectivity index (χ4v) is 5.56. The molecule has 1 unspecified atom stereocenters. The van der Waals surface area contributed by atoms with Crippen molar-refractivity contribution in [2.45, 2.75) is 50.5 Å². The largest absolute Gasteiger partial charge is 0.352 e. The van der Waals surface area contributed by atoms with Gasteiger partial charge >= 0.3 is 6.03 Å². The van der Waals surface area contributed by atoms with Crippen molar-refractivity contribution >= 4 is 22.0 Å². The number of hydrogen-bond donors (Lipinski definition) is 2. The minimum Gasteiger partial charge on any atom is -0.352 e. The Morgan fingerprint density at radius 1 is 1.10 bits per heavy atom. The van der Waals surface area contributed by atoms with Crippen LogP contribution in [0.2, 0.25) is 0 Å². The molecular weight excluding hydrogens is 392 g/mol. The first-order chi connectivity index (χ1) is 13.7. The van der Waals surface area contributed by atoms with Gasteiger partial charge in [0.2, 0.25) is 15.9 Å². The average molecular weight is 423 g/mol. The van der Waals surface area contributed by atoms with E-state index in [9.17, 15) is 18.0 Å². The fraction of sp³-hybridized carbons (Fsp3) is 0.600. The number of nitrogens with one attached hydrogen (secondary N) is 1. The van der Waals surface area contributed by atoms with E-state index in [1.807, 2.05) is 19.9 Å². The highest BCUT2D eigenvalue weighted by Gasteiger charge is 2.33. The van der Waals surface area contributed by atoms with Crippen molar-refractivity contribution in [3.8, 4) is 0 Å². The summed E-state index contributed by atoms with van der Waals surface area (Å²) in [6, 6.07) is 3.98. The van der Waals surface area contributed by atoms with Crippen LogP contribution in [0.4, 0.5) is 4.79 Å². The predicted molar refractivity (Wildman–Crippen MR) is 110 cm³/mol. The quantitative estimate of drug-likeness (QED) is 0.714. The van der Waals surface area contributed by atoms with Crippen LogP contribution in [0, 0.1) is 5.92 Å². The monoisotopic (exact) mass is 422 g/mol. The number of benzene rings is 1. The van der Waals surface area contributed by atoms with E-state index in [0.717, 1.165) is 24.8 Å². The smallest absolute Gasteiger partial charge is 0.312 e. The summed E-state index contributed by atoms with van der Waals surface area (Å²) < 4.78 is 27.5. The lowest BCUT2D eigenvalue weighted by atomic mass is 10.0. The first-order valence-corrected chi connectivity index (χ1v) is 11.6. The van der Waals surface area contributed by atoms with Crippen molar-refractivity contribution in [1.82, 2.24) is 14.5 Å². The van der Waals surface area contributed by atoms with Crippen LogP contribution in [0.1, 0.15) is 37.8 Å². The second-order valence-corrected chi connectivity index (χ2v) is 10.1. The highest BCUT2D eigenvalue weighted by atomic mass is 32.2. The molecule has 1 aromatic rings. The normalized spacial score (nSPS) is 18.5. The molecule has 3 rings (SSSR count). The van der Waals surface area contributed by atoms with E-state index in [1.165, 1.54) is 9.87 Å². The number of primary amides is 1. The molecule has 1 aromatic carbocycles. The van der Waals surface area contributed by atoms with Crippen molar-refractivity contribution < 1.29 is 18.0 Å². The van der Waals surface area contributed by atoms with Gasteiger partial charge in [-0.25, -0.2) is 13.2 Å². The number of rotatable bonds is 6. The molecule has 0 saturated carbocycles.